The van der Waals surface area contributed by atoms with E-state index in [1.807, 2.05) is 0 Å². The molecule has 10 heteroatoms. The number of nitrogens with one attached hydrogen (secondary N) is 2. The molecule has 7 nitrogen and oxygen atoms in total. The van der Waals surface area contributed by atoms with Gasteiger partial charge in [0.2, 0.25) is 16.1 Å². The molecule has 32 heavy (non-hydrogen) atoms. The van der Waals surface area contributed by atoms with Crippen molar-refractivity contribution in [3.05, 3.63) is 94.0 Å². The van der Waals surface area contributed by atoms with Crippen molar-refractivity contribution in [2.45, 2.75) is 11.0 Å². The highest BCUT2D eigenvalue weighted by Crippen LogP contribution is 2.26. The number of benzene rings is 3. The summed E-state index contributed by atoms with van der Waals surface area (Å²) < 4.78 is 31.7. The summed E-state index contributed by atoms with van der Waals surface area (Å²) in [6.45, 7) is 0. The zero-order chi connectivity index (χ0) is 23.3. The summed E-state index contributed by atoms with van der Waals surface area (Å²) in [5.41, 5.74) is 0.720. The lowest BCUT2D eigenvalue weighted by Gasteiger charge is -2.18. The Labute approximate surface area is 195 Å². The van der Waals surface area contributed by atoms with E-state index in [0.717, 1.165) is 0 Å². The Bertz CT molecular complexity index is 1230. The first-order valence-corrected chi connectivity index (χ1v) is 11.5. The Morgan fingerprint density at radius 1 is 0.906 bits per heavy atom. The highest BCUT2D eigenvalue weighted by atomic mass is 35.5. The molecule has 0 bridgehead atoms. The summed E-state index contributed by atoms with van der Waals surface area (Å²) in [5.74, 6) is -1.51. The average molecular weight is 493 g/mol. The Morgan fingerprint density at radius 3 is 2.19 bits per heavy atom. The number of hydrogen-bond acceptors (Lipinski definition) is 5. The van der Waals surface area contributed by atoms with Crippen molar-refractivity contribution in [2.75, 3.05) is 12.4 Å². The van der Waals surface area contributed by atoms with Gasteiger partial charge in [-0.1, -0.05) is 59.6 Å². The summed E-state index contributed by atoms with van der Waals surface area (Å²) in [4.78, 5) is 25.7. The van der Waals surface area contributed by atoms with Gasteiger partial charge in [-0.05, 0) is 43.4 Å². The number of halogens is 2. The molecule has 0 spiro atoms. The van der Waals surface area contributed by atoms with Crippen LogP contribution in [0.15, 0.2) is 77.7 Å². The molecule has 3 aromatic carbocycles. The Kier molecular flexibility index (Phi) is 7.52. The highest BCUT2D eigenvalue weighted by Gasteiger charge is 2.26. The lowest BCUT2D eigenvalue weighted by Crippen LogP contribution is -2.26. The van der Waals surface area contributed by atoms with Crippen LogP contribution in [-0.4, -0.2) is 27.3 Å². The van der Waals surface area contributed by atoms with Crippen LogP contribution in [0, 0.1) is 0 Å². The second-order valence-corrected chi connectivity index (χ2v) is 9.34. The van der Waals surface area contributed by atoms with Gasteiger partial charge < -0.3 is 10.1 Å². The van der Waals surface area contributed by atoms with Gasteiger partial charge in [-0.25, -0.2) is 17.9 Å². The number of amides is 1. The largest absolute Gasteiger partial charge is 0.444 e. The van der Waals surface area contributed by atoms with Crippen molar-refractivity contribution in [1.29, 1.82) is 0 Å². The van der Waals surface area contributed by atoms with Crippen molar-refractivity contribution >= 4 is 50.8 Å². The topological polar surface area (TPSA) is 102 Å². The molecule has 0 aromatic heterocycles. The Hall–Kier alpha value is -2.91. The summed E-state index contributed by atoms with van der Waals surface area (Å²) >= 11 is 12.0. The first-order chi connectivity index (χ1) is 15.2. The van der Waals surface area contributed by atoms with Gasteiger partial charge in [-0.15, -0.1) is 0 Å². The maximum absolute atomic E-state index is 13.0. The molecule has 1 atom stereocenters. The summed E-state index contributed by atoms with van der Waals surface area (Å²) in [7, 11) is -2.50. The number of sulfonamides is 1. The van der Waals surface area contributed by atoms with Crippen LogP contribution in [0.5, 0.6) is 0 Å². The first kappa shape index (κ1) is 23.7. The van der Waals surface area contributed by atoms with E-state index < -0.39 is 28.0 Å². The van der Waals surface area contributed by atoms with E-state index in [2.05, 4.69) is 10.0 Å². The third-order valence-corrected chi connectivity index (χ3v) is 6.19. The normalized spacial score (nSPS) is 12.1. The fraction of sp³-hybridized carbons (Fsp3) is 0.0909. The lowest BCUT2D eigenvalue weighted by molar-refractivity contribution is -0.125. The minimum atomic E-state index is -3.76. The van der Waals surface area contributed by atoms with Gasteiger partial charge in [-0.3, -0.25) is 4.79 Å². The Balaban J connectivity index is 1.89. The van der Waals surface area contributed by atoms with Crippen LogP contribution < -0.4 is 10.0 Å². The number of hydrogen-bond donors (Lipinski definition) is 2. The van der Waals surface area contributed by atoms with Gasteiger partial charge in [0.05, 0.1) is 10.5 Å². The predicted octanol–water partition coefficient (Wildman–Crippen LogP) is 4.44. The molecule has 166 valence electrons. The van der Waals surface area contributed by atoms with Crippen molar-refractivity contribution in [3.8, 4) is 0 Å². The van der Waals surface area contributed by atoms with Gasteiger partial charge >= 0.3 is 5.97 Å². The third kappa shape index (κ3) is 5.86. The average Bonchev–Trinajstić information content (AvgIpc) is 2.77. The van der Waals surface area contributed by atoms with E-state index in [-0.39, 0.29) is 10.5 Å². The summed E-state index contributed by atoms with van der Waals surface area (Å²) in [5, 5.41) is 3.28. The molecule has 0 saturated heterocycles. The smallest absolute Gasteiger partial charge is 0.339 e. The van der Waals surface area contributed by atoms with E-state index in [4.69, 9.17) is 27.9 Å². The van der Waals surface area contributed by atoms with E-state index in [0.29, 0.717) is 21.3 Å². The maximum Gasteiger partial charge on any atom is 0.339 e. The number of rotatable bonds is 7. The molecule has 0 heterocycles. The Morgan fingerprint density at radius 2 is 1.56 bits per heavy atom. The van der Waals surface area contributed by atoms with Crippen LogP contribution in [-0.2, 0) is 19.6 Å². The fourth-order valence-electron chi connectivity index (χ4n) is 2.82. The number of carbonyl (C=O) groups excluding carboxylic acids is 2. The fourth-order valence-corrected chi connectivity index (χ4v) is 4.12. The van der Waals surface area contributed by atoms with Crippen molar-refractivity contribution in [1.82, 2.24) is 4.72 Å². The minimum absolute atomic E-state index is 0.0270. The van der Waals surface area contributed by atoms with Crippen LogP contribution in [0.25, 0.3) is 0 Å². The molecule has 0 saturated carbocycles. The summed E-state index contributed by atoms with van der Waals surface area (Å²) in [6, 6.07) is 18.2. The molecule has 3 aromatic rings. The molecular formula is C22H18Cl2N2O5S. The van der Waals surface area contributed by atoms with Crippen LogP contribution in [0.4, 0.5) is 5.69 Å². The summed E-state index contributed by atoms with van der Waals surface area (Å²) in [6.07, 6.45) is -1.31. The van der Waals surface area contributed by atoms with Crippen LogP contribution in [0.3, 0.4) is 0 Å². The molecule has 3 rings (SSSR count). The molecular weight excluding hydrogens is 475 g/mol. The minimum Gasteiger partial charge on any atom is -0.444 e. The van der Waals surface area contributed by atoms with E-state index in [9.17, 15) is 18.0 Å². The molecule has 2 N–H and O–H groups in total. The maximum atomic E-state index is 13.0. The molecule has 0 aliphatic carbocycles. The van der Waals surface area contributed by atoms with E-state index in [1.54, 1.807) is 30.3 Å². The number of anilines is 1. The molecule has 0 radical (unpaired) electrons. The van der Waals surface area contributed by atoms with Crippen molar-refractivity contribution in [2.24, 2.45) is 0 Å². The van der Waals surface area contributed by atoms with Crippen LogP contribution >= 0.6 is 23.2 Å². The van der Waals surface area contributed by atoms with Crippen LogP contribution in [0.2, 0.25) is 10.0 Å². The SMILES string of the molecule is CNS(=O)(=O)c1cccc(C(=O)O[C@@H](C(=O)Nc2cc(Cl)cc(Cl)c2)c2ccccc2)c1. The highest BCUT2D eigenvalue weighted by molar-refractivity contribution is 7.89. The standard InChI is InChI=1S/C22H18Cl2N2O5S/c1-25-32(29,30)19-9-5-8-15(10-19)22(28)31-20(14-6-3-2-4-7-14)21(27)26-18-12-16(23)11-17(24)13-18/h2-13,20,25H,1H3,(H,26,27)/t20-/m1/s1. The predicted molar refractivity (Wildman–Crippen MR) is 122 cm³/mol. The second-order valence-electron chi connectivity index (χ2n) is 6.58. The molecule has 0 fully saturated rings. The number of ether oxygens (including phenoxy) is 1. The first-order valence-electron chi connectivity index (χ1n) is 9.26. The van der Waals surface area contributed by atoms with E-state index in [1.165, 1.54) is 49.5 Å². The number of esters is 1. The molecule has 0 aliphatic heterocycles. The van der Waals surface area contributed by atoms with Crippen LogP contribution in [0.1, 0.15) is 22.0 Å². The molecule has 0 aliphatic rings. The zero-order valence-electron chi connectivity index (χ0n) is 16.7. The van der Waals surface area contributed by atoms with Crippen molar-refractivity contribution < 1.29 is 22.7 Å². The van der Waals surface area contributed by atoms with Gasteiger partial charge in [0.1, 0.15) is 0 Å². The zero-order valence-corrected chi connectivity index (χ0v) is 19.0. The second kappa shape index (κ2) is 10.1. The van der Waals surface area contributed by atoms with Gasteiger partial charge in [0.15, 0.2) is 0 Å². The van der Waals surface area contributed by atoms with Crippen molar-refractivity contribution in [3.63, 3.8) is 0 Å². The van der Waals surface area contributed by atoms with Gasteiger partial charge in [0, 0.05) is 21.3 Å². The third-order valence-electron chi connectivity index (χ3n) is 4.34. The molecule has 1 amide bonds. The molecule has 0 unspecified atom stereocenters. The van der Waals surface area contributed by atoms with Gasteiger partial charge in [-0.2, -0.15) is 0 Å². The van der Waals surface area contributed by atoms with E-state index >= 15 is 0 Å². The monoisotopic (exact) mass is 492 g/mol. The number of carbonyl (C=O) groups is 2. The van der Waals surface area contributed by atoms with Gasteiger partial charge in [0.25, 0.3) is 5.91 Å². The lowest BCUT2D eigenvalue weighted by atomic mass is 10.1. The quantitative estimate of drug-likeness (QED) is 0.474.